The summed E-state index contributed by atoms with van der Waals surface area (Å²) in [5.41, 5.74) is 3.60. The lowest BCUT2D eigenvalue weighted by molar-refractivity contribution is 0.0475. The van der Waals surface area contributed by atoms with Crippen molar-refractivity contribution < 1.29 is 19.0 Å². The number of hydrogen-bond donors (Lipinski definition) is 0. The van der Waals surface area contributed by atoms with Crippen LogP contribution in [0, 0.1) is 0 Å². The highest BCUT2D eigenvalue weighted by Gasteiger charge is 2.16. The van der Waals surface area contributed by atoms with Crippen molar-refractivity contribution in [2.24, 2.45) is 0 Å². The molecule has 0 saturated carbocycles. The number of aromatic nitrogens is 1. The maximum absolute atomic E-state index is 12.9. The summed E-state index contributed by atoms with van der Waals surface area (Å²) in [4.78, 5) is 17.7. The number of methoxy groups -OCH3 is 2. The van der Waals surface area contributed by atoms with E-state index in [1.165, 1.54) is 0 Å². The molecule has 1 aromatic heterocycles. The molecular formula is C25H21NO4. The van der Waals surface area contributed by atoms with Gasteiger partial charge in [-0.05, 0) is 35.9 Å². The Hall–Kier alpha value is -3.86. The summed E-state index contributed by atoms with van der Waals surface area (Å²) in [7, 11) is 3.18. The largest absolute Gasteiger partial charge is 0.493 e. The molecule has 0 unspecified atom stereocenters. The van der Waals surface area contributed by atoms with Crippen LogP contribution >= 0.6 is 0 Å². The Labute approximate surface area is 174 Å². The van der Waals surface area contributed by atoms with Crippen molar-refractivity contribution in [2.45, 2.75) is 6.61 Å². The Bertz CT molecular complexity index is 1190. The molecule has 5 nitrogen and oxygen atoms in total. The van der Waals surface area contributed by atoms with Crippen molar-refractivity contribution in [3.63, 3.8) is 0 Å². The fraction of sp³-hybridized carbons (Fsp3) is 0.120. The van der Waals surface area contributed by atoms with Crippen LogP contribution in [0.5, 0.6) is 11.5 Å². The second kappa shape index (κ2) is 8.66. The SMILES string of the molecule is COc1ccc(-c2cc(C(=O)OCc3ccccc3)c3ccccc3n2)cc1OC. The number of rotatable bonds is 6. The summed E-state index contributed by atoms with van der Waals surface area (Å²) < 4.78 is 16.3. The first kappa shape index (κ1) is 19.5. The molecule has 5 heteroatoms. The van der Waals surface area contributed by atoms with E-state index in [0.29, 0.717) is 22.8 Å². The third-order valence-electron chi connectivity index (χ3n) is 4.83. The number of fused-ring (bicyclic) bond motifs is 1. The number of ether oxygens (including phenoxy) is 3. The van der Waals surface area contributed by atoms with E-state index in [-0.39, 0.29) is 12.6 Å². The molecule has 0 N–H and O–H groups in total. The van der Waals surface area contributed by atoms with Gasteiger partial charge in [0.2, 0.25) is 0 Å². The first-order valence-corrected chi connectivity index (χ1v) is 9.53. The van der Waals surface area contributed by atoms with Crippen molar-refractivity contribution in [3.05, 3.63) is 90.0 Å². The van der Waals surface area contributed by atoms with Crippen molar-refractivity contribution in [3.8, 4) is 22.8 Å². The Morgan fingerprint density at radius 3 is 2.33 bits per heavy atom. The summed E-state index contributed by atoms with van der Waals surface area (Å²) in [6.07, 6.45) is 0. The molecule has 0 amide bonds. The standard InChI is InChI=1S/C25H21NO4/c1-28-23-13-12-18(14-24(23)29-2)22-15-20(19-10-6-7-11-21(19)26-22)25(27)30-16-17-8-4-3-5-9-17/h3-15H,16H2,1-2H3. The number of esters is 1. The van der Waals surface area contributed by atoms with Crippen LogP contribution in [0.25, 0.3) is 22.2 Å². The lowest BCUT2D eigenvalue weighted by Crippen LogP contribution is -2.07. The number of benzene rings is 3. The Kier molecular flexibility index (Phi) is 5.61. The molecule has 1 heterocycles. The average Bonchev–Trinajstić information content (AvgIpc) is 2.82. The topological polar surface area (TPSA) is 57.7 Å². The normalized spacial score (nSPS) is 10.6. The number of hydrogen-bond acceptors (Lipinski definition) is 5. The van der Waals surface area contributed by atoms with Crippen molar-refractivity contribution in [1.82, 2.24) is 4.98 Å². The molecule has 30 heavy (non-hydrogen) atoms. The zero-order valence-electron chi connectivity index (χ0n) is 16.8. The van der Waals surface area contributed by atoms with Gasteiger partial charge in [0.15, 0.2) is 11.5 Å². The van der Waals surface area contributed by atoms with E-state index in [0.717, 1.165) is 22.0 Å². The molecule has 0 aliphatic heterocycles. The van der Waals surface area contributed by atoms with Crippen LogP contribution in [0.3, 0.4) is 0 Å². The quantitative estimate of drug-likeness (QED) is 0.413. The van der Waals surface area contributed by atoms with Crippen molar-refractivity contribution in [1.29, 1.82) is 0 Å². The maximum atomic E-state index is 12.9. The van der Waals surface area contributed by atoms with Crippen LogP contribution in [-0.2, 0) is 11.3 Å². The van der Waals surface area contributed by atoms with Crippen molar-refractivity contribution in [2.75, 3.05) is 14.2 Å². The minimum absolute atomic E-state index is 0.210. The molecule has 0 fully saturated rings. The molecule has 0 saturated heterocycles. The van der Waals surface area contributed by atoms with Crippen LogP contribution in [0.4, 0.5) is 0 Å². The van der Waals surface area contributed by atoms with Crippen LogP contribution in [-0.4, -0.2) is 25.2 Å². The fourth-order valence-electron chi connectivity index (χ4n) is 3.29. The van der Waals surface area contributed by atoms with E-state index in [4.69, 9.17) is 19.2 Å². The number of carbonyl (C=O) groups excluding carboxylic acids is 1. The van der Waals surface area contributed by atoms with Gasteiger partial charge in [0.1, 0.15) is 6.61 Å². The second-order valence-electron chi connectivity index (χ2n) is 6.70. The molecule has 0 atom stereocenters. The summed E-state index contributed by atoms with van der Waals surface area (Å²) in [5, 5.41) is 0.750. The molecule has 0 spiro atoms. The smallest absolute Gasteiger partial charge is 0.339 e. The van der Waals surface area contributed by atoms with Gasteiger partial charge in [0.05, 0.1) is 31.0 Å². The van der Waals surface area contributed by atoms with Crippen LogP contribution in [0.1, 0.15) is 15.9 Å². The van der Waals surface area contributed by atoms with E-state index in [9.17, 15) is 4.79 Å². The summed E-state index contributed by atoms with van der Waals surface area (Å²) >= 11 is 0. The molecule has 0 bridgehead atoms. The monoisotopic (exact) mass is 399 g/mol. The van der Waals surface area contributed by atoms with E-state index >= 15 is 0 Å². The number of carbonyl (C=O) groups is 1. The fourth-order valence-corrected chi connectivity index (χ4v) is 3.29. The van der Waals surface area contributed by atoms with Gasteiger partial charge in [-0.25, -0.2) is 9.78 Å². The molecule has 4 rings (SSSR count). The first-order valence-electron chi connectivity index (χ1n) is 9.53. The molecule has 150 valence electrons. The zero-order valence-corrected chi connectivity index (χ0v) is 16.8. The third kappa shape index (κ3) is 3.96. The predicted octanol–water partition coefficient (Wildman–Crippen LogP) is 5.28. The number of para-hydroxylation sites is 1. The molecular weight excluding hydrogens is 378 g/mol. The van der Waals surface area contributed by atoms with Gasteiger partial charge in [-0.2, -0.15) is 0 Å². The van der Waals surface area contributed by atoms with Crippen LogP contribution in [0.15, 0.2) is 78.9 Å². The number of pyridine rings is 1. The van der Waals surface area contributed by atoms with Gasteiger partial charge in [-0.3, -0.25) is 0 Å². The van der Waals surface area contributed by atoms with Crippen LogP contribution in [0.2, 0.25) is 0 Å². The van der Waals surface area contributed by atoms with E-state index < -0.39 is 0 Å². The van der Waals surface area contributed by atoms with Gasteiger partial charge in [-0.15, -0.1) is 0 Å². The highest BCUT2D eigenvalue weighted by Crippen LogP contribution is 2.33. The van der Waals surface area contributed by atoms with E-state index in [1.807, 2.05) is 72.8 Å². The molecule has 0 aliphatic rings. The Morgan fingerprint density at radius 2 is 1.57 bits per heavy atom. The van der Waals surface area contributed by atoms with Gasteiger partial charge < -0.3 is 14.2 Å². The maximum Gasteiger partial charge on any atom is 0.339 e. The van der Waals surface area contributed by atoms with Gasteiger partial charge in [0.25, 0.3) is 0 Å². The lowest BCUT2D eigenvalue weighted by Gasteiger charge is -2.12. The van der Waals surface area contributed by atoms with Crippen LogP contribution < -0.4 is 9.47 Å². The van der Waals surface area contributed by atoms with E-state index in [1.54, 1.807) is 20.3 Å². The summed E-state index contributed by atoms with van der Waals surface area (Å²) in [5.74, 6) is 0.835. The van der Waals surface area contributed by atoms with Gasteiger partial charge in [-0.1, -0.05) is 48.5 Å². The minimum atomic E-state index is -0.390. The number of nitrogens with zero attached hydrogens (tertiary/aromatic N) is 1. The highest BCUT2D eigenvalue weighted by molar-refractivity contribution is 6.04. The molecule has 3 aromatic carbocycles. The molecule has 4 aromatic rings. The van der Waals surface area contributed by atoms with Gasteiger partial charge in [0, 0.05) is 10.9 Å². The Balaban J connectivity index is 1.73. The highest BCUT2D eigenvalue weighted by atomic mass is 16.5. The summed E-state index contributed by atoms with van der Waals surface area (Å²) in [6, 6.07) is 24.5. The Morgan fingerprint density at radius 1 is 0.833 bits per heavy atom. The van der Waals surface area contributed by atoms with Gasteiger partial charge >= 0.3 is 5.97 Å². The molecule has 0 radical (unpaired) electrons. The van der Waals surface area contributed by atoms with Crippen molar-refractivity contribution >= 4 is 16.9 Å². The third-order valence-corrected chi connectivity index (χ3v) is 4.83. The first-order chi connectivity index (χ1) is 14.7. The zero-order chi connectivity index (χ0) is 20.9. The molecule has 0 aliphatic carbocycles. The predicted molar refractivity (Wildman–Crippen MR) is 116 cm³/mol. The van der Waals surface area contributed by atoms with E-state index in [2.05, 4.69) is 0 Å². The average molecular weight is 399 g/mol. The summed E-state index contributed by atoms with van der Waals surface area (Å²) in [6.45, 7) is 0.210. The second-order valence-corrected chi connectivity index (χ2v) is 6.70. The lowest BCUT2D eigenvalue weighted by atomic mass is 10.0. The minimum Gasteiger partial charge on any atom is -0.493 e.